The third kappa shape index (κ3) is 2.72. The molecular weight excluding hydrogens is 447 g/mol. The Morgan fingerprint density at radius 3 is 2.46 bits per heavy atom. The number of hydrogen-bond acceptors (Lipinski definition) is 4. The summed E-state index contributed by atoms with van der Waals surface area (Å²) in [4.78, 5) is 45.1. The van der Waals surface area contributed by atoms with Crippen molar-refractivity contribution in [1.82, 2.24) is 4.90 Å². The molecule has 3 aromatic carbocycles. The lowest BCUT2D eigenvalue weighted by Crippen LogP contribution is -2.53. The van der Waals surface area contributed by atoms with Crippen molar-refractivity contribution < 1.29 is 18.4 Å². The Balaban J connectivity index is 1.71. The van der Waals surface area contributed by atoms with E-state index >= 15 is 0 Å². The molecule has 2 aliphatic rings. The second-order valence-electron chi connectivity index (χ2n) is 8.93. The topological polar surface area (TPSA) is 70.8 Å². The van der Waals surface area contributed by atoms with Gasteiger partial charge in [-0.3, -0.25) is 14.4 Å². The summed E-state index contributed by atoms with van der Waals surface area (Å²) in [5.74, 6) is -1.47. The molecule has 0 radical (unpaired) electrons. The molecule has 0 aliphatic carbocycles. The fourth-order valence-corrected chi connectivity index (χ4v) is 5.41. The Morgan fingerprint density at radius 1 is 0.971 bits per heavy atom. The lowest BCUT2D eigenvalue weighted by Gasteiger charge is -2.34. The summed E-state index contributed by atoms with van der Waals surface area (Å²) >= 11 is 0. The Hall–Kier alpha value is -4.26. The molecule has 1 spiro atoms. The molecule has 3 heterocycles. The number of hydrogen-bond donors (Lipinski definition) is 0. The zero-order chi connectivity index (χ0) is 24.5. The first-order valence-corrected chi connectivity index (χ1v) is 11.4. The van der Waals surface area contributed by atoms with Crippen LogP contribution in [0.3, 0.4) is 0 Å². The van der Waals surface area contributed by atoms with E-state index in [1.54, 1.807) is 47.4 Å². The minimum absolute atomic E-state index is 0.00421. The molecule has 7 heteroatoms. The number of carbonyl (C=O) groups is 2. The van der Waals surface area contributed by atoms with Crippen LogP contribution < -0.4 is 10.3 Å². The first kappa shape index (κ1) is 21.3. The van der Waals surface area contributed by atoms with Gasteiger partial charge in [0.05, 0.1) is 16.6 Å². The van der Waals surface area contributed by atoms with E-state index in [0.29, 0.717) is 28.7 Å². The summed E-state index contributed by atoms with van der Waals surface area (Å²) in [6.07, 6.45) is 0. The van der Waals surface area contributed by atoms with Gasteiger partial charge in [0.2, 0.25) is 5.76 Å². The number of halogens is 1. The minimum Gasteiger partial charge on any atom is -0.450 e. The molecule has 1 unspecified atom stereocenters. The van der Waals surface area contributed by atoms with Crippen LogP contribution in [0.25, 0.3) is 11.0 Å². The average molecular weight is 468 g/mol. The number of aryl methyl sites for hydroxylation is 1. The van der Waals surface area contributed by atoms with Gasteiger partial charge in [0.1, 0.15) is 11.4 Å². The van der Waals surface area contributed by atoms with Crippen LogP contribution in [0.4, 0.5) is 10.1 Å². The van der Waals surface area contributed by atoms with Crippen LogP contribution in [0.5, 0.6) is 0 Å². The standard InChI is InChI=1S/C28H21FN2O4/c1-3-30-21-7-5-4-6-20(21)28(27(30)34)23-24(32)19-14-16(2)8-13-22(19)35-25(23)26(33)31(28)15-17-9-11-18(29)12-10-17/h4-14H,3,15H2,1-2H3. The second-order valence-corrected chi connectivity index (χ2v) is 8.93. The predicted molar refractivity (Wildman–Crippen MR) is 129 cm³/mol. The maximum atomic E-state index is 14.2. The summed E-state index contributed by atoms with van der Waals surface area (Å²) in [6, 6.07) is 18.1. The van der Waals surface area contributed by atoms with Crippen molar-refractivity contribution >= 4 is 28.5 Å². The Morgan fingerprint density at radius 2 is 1.71 bits per heavy atom. The highest BCUT2D eigenvalue weighted by molar-refractivity contribution is 6.17. The second kappa shape index (κ2) is 7.37. The molecule has 0 N–H and O–H groups in total. The van der Waals surface area contributed by atoms with Crippen LogP contribution in [0, 0.1) is 12.7 Å². The van der Waals surface area contributed by atoms with E-state index in [1.165, 1.54) is 17.0 Å². The van der Waals surface area contributed by atoms with Gasteiger partial charge >= 0.3 is 0 Å². The summed E-state index contributed by atoms with van der Waals surface area (Å²) in [7, 11) is 0. The summed E-state index contributed by atoms with van der Waals surface area (Å²) in [5.41, 5.74) is 0.939. The lowest BCUT2D eigenvalue weighted by atomic mass is 9.83. The van der Waals surface area contributed by atoms with Crippen LogP contribution in [0.1, 0.15) is 39.7 Å². The Bertz CT molecular complexity index is 1610. The van der Waals surface area contributed by atoms with Gasteiger partial charge in [0.15, 0.2) is 11.0 Å². The normalized spacial score (nSPS) is 18.6. The number of anilines is 1. The lowest BCUT2D eigenvalue weighted by molar-refractivity contribution is -0.126. The van der Waals surface area contributed by atoms with Gasteiger partial charge in [-0.1, -0.05) is 42.0 Å². The molecule has 0 saturated heterocycles. The fourth-order valence-electron chi connectivity index (χ4n) is 5.41. The largest absolute Gasteiger partial charge is 0.450 e. The number of rotatable bonds is 3. The van der Waals surface area contributed by atoms with E-state index in [2.05, 4.69) is 0 Å². The van der Waals surface area contributed by atoms with Gasteiger partial charge in [0.25, 0.3) is 11.8 Å². The minimum atomic E-state index is -1.67. The van der Waals surface area contributed by atoms with Crippen molar-refractivity contribution in [3.05, 3.63) is 111 Å². The van der Waals surface area contributed by atoms with E-state index in [1.807, 2.05) is 26.0 Å². The molecule has 6 nitrogen and oxygen atoms in total. The van der Waals surface area contributed by atoms with Crippen molar-refractivity contribution in [3.8, 4) is 0 Å². The van der Waals surface area contributed by atoms with Gasteiger partial charge in [-0.25, -0.2) is 4.39 Å². The van der Waals surface area contributed by atoms with Crippen molar-refractivity contribution in [3.63, 3.8) is 0 Å². The third-order valence-electron chi connectivity index (χ3n) is 6.96. The quantitative estimate of drug-likeness (QED) is 0.444. The van der Waals surface area contributed by atoms with Crippen LogP contribution in [0.15, 0.2) is 75.9 Å². The summed E-state index contributed by atoms with van der Waals surface area (Å²) in [5, 5.41) is 0.319. The van der Waals surface area contributed by atoms with Crippen molar-refractivity contribution in [2.45, 2.75) is 25.9 Å². The molecular formula is C28H21FN2O4. The molecule has 35 heavy (non-hydrogen) atoms. The van der Waals surface area contributed by atoms with E-state index < -0.39 is 22.7 Å². The van der Waals surface area contributed by atoms with Gasteiger partial charge in [0, 0.05) is 18.7 Å². The number of carbonyl (C=O) groups excluding carboxylic acids is 2. The average Bonchev–Trinajstić information content (AvgIpc) is 3.25. The molecule has 4 aromatic rings. The smallest absolute Gasteiger partial charge is 0.291 e. The van der Waals surface area contributed by atoms with Crippen molar-refractivity contribution in [2.24, 2.45) is 0 Å². The highest BCUT2D eigenvalue weighted by Crippen LogP contribution is 2.52. The van der Waals surface area contributed by atoms with Crippen LogP contribution in [-0.4, -0.2) is 23.3 Å². The molecule has 0 fully saturated rings. The van der Waals surface area contributed by atoms with E-state index in [4.69, 9.17) is 4.42 Å². The first-order valence-electron chi connectivity index (χ1n) is 11.4. The number of likely N-dealkylation sites (N-methyl/N-ethyl adjacent to an activating group) is 1. The predicted octanol–water partition coefficient (Wildman–Crippen LogP) is 4.51. The van der Waals surface area contributed by atoms with Crippen LogP contribution >= 0.6 is 0 Å². The maximum Gasteiger partial charge on any atom is 0.291 e. The molecule has 6 rings (SSSR count). The summed E-state index contributed by atoms with van der Waals surface area (Å²) < 4.78 is 19.6. The SMILES string of the molecule is CCN1C(=O)C2(c3ccccc31)c1c(oc3ccc(C)cc3c1=O)C(=O)N2Cc1ccc(F)cc1. The number of benzene rings is 3. The monoisotopic (exact) mass is 468 g/mol. The zero-order valence-corrected chi connectivity index (χ0v) is 19.2. The van der Waals surface area contributed by atoms with Crippen molar-refractivity contribution in [2.75, 3.05) is 11.4 Å². The molecule has 1 atom stereocenters. The van der Waals surface area contributed by atoms with Gasteiger partial charge in [-0.05, 0) is 49.7 Å². The molecule has 2 amide bonds. The third-order valence-corrected chi connectivity index (χ3v) is 6.96. The van der Waals surface area contributed by atoms with Crippen LogP contribution in [-0.2, 0) is 16.9 Å². The maximum absolute atomic E-state index is 14.2. The van der Waals surface area contributed by atoms with Crippen LogP contribution in [0.2, 0.25) is 0 Å². The molecule has 0 bridgehead atoms. The molecule has 174 valence electrons. The Labute approximate surface area is 200 Å². The first-order chi connectivity index (χ1) is 16.9. The van der Waals surface area contributed by atoms with E-state index in [9.17, 15) is 18.8 Å². The van der Waals surface area contributed by atoms with Gasteiger partial charge in [-0.15, -0.1) is 0 Å². The van der Waals surface area contributed by atoms with Gasteiger partial charge in [-0.2, -0.15) is 0 Å². The Kier molecular flexibility index (Phi) is 4.48. The summed E-state index contributed by atoms with van der Waals surface area (Å²) in [6.45, 7) is 4.07. The number of para-hydroxylation sites is 1. The number of amides is 2. The highest BCUT2D eigenvalue weighted by Gasteiger charge is 2.64. The zero-order valence-electron chi connectivity index (χ0n) is 19.2. The number of fused-ring (bicyclic) bond motifs is 5. The van der Waals surface area contributed by atoms with E-state index in [-0.39, 0.29) is 29.4 Å². The molecule has 2 aliphatic heterocycles. The highest BCUT2D eigenvalue weighted by atomic mass is 19.1. The van der Waals surface area contributed by atoms with Gasteiger partial charge < -0.3 is 14.2 Å². The fraction of sp³-hybridized carbons (Fsp3) is 0.179. The molecule has 0 saturated carbocycles. The number of nitrogens with zero attached hydrogens (tertiary/aromatic N) is 2. The molecule has 1 aromatic heterocycles. The van der Waals surface area contributed by atoms with E-state index in [0.717, 1.165) is 5.56 Å². The van der Waals surface area contributed by atoms with Crippen molar-refractivity contribution in [1.29, 1.82) is 0 Å².